The molecule has 0 unspecified atom stereocenters. The van der Waals surface area contributed by atoms with Gasteiger partial charge in [-0.25, -0.2) is 0 Å². The number of carbonyl (C=O) groups excluding carboxylic acids is 1. The van der Waals surface area contributed by atoms with Crippen molar-refractivity contribution in [2.75, 3.05) is 7.05 Å². The maximum absolute atomic E-state index is 12.8. The van der Waals surface area contributed by atoms with Gasteiger partial charge in [0.2, 0.25) is 0 Å². The number of aryl methyl sites for hydroxylation is 1. The van der Waals surface area contributed by atoms with Crippen molar-refractivity contribution in [3.63, 3.8) is 0 Å². The maximum atomic E-state index is 12.8. The van der Waals surface area contributed by atoms with Crippen molar-refractivity contribution in [1.82, 2.24) is 4.90 Å². The molecule has 22 heavy (non-hydrogen) atoms. The molecule has 122 valence electrons. The van der Waals surface area contributed by atoms with E-state index in [2.05, 4.69) is 13.0 Å². The van der Waals surface area contributed by atoms with E-state index in [0.717, 1.165) is 24.2 Å². The fraction of sp³-hybridized carbons (Fsp3) is 0.632. The molecule has 0 saturated heterocycles. The summed E-state index contributed by atoms with van der Waals surface area (Å²) in [4.78, 5) is 14.7. The van der Waals surface area contributed by atoms with Gasteiger partial charge in [-0.15, -0.1) is 0 Å². The monoisotopic (exact) mass is 303 g/mol. The Morgan fingerprint density at radius 2 is 1.95 bits per heavy atom. The van der Waals surface area contributed by atoms with Crippen molar-refractivity contribution >= 4 is 5.91 Å². The smallest absolute Gasteiger partial charge is 0.263 e. The summed E-state index contributed by atoms with van der Waals surface area (Å²) in [7, 11) is 1.94. The highest BCUT2D eigenvalue weighted by Gasteiger charge is 2.28. The van der Waals surface area contributed by atoms with E-state index in [-0.39, 0.29) is 12.0 Å². The zero-order valence-corrected chi connectivity index (χ0v) is 14.4. The maximum Gasteiger partial charge on any atom is 0.263 e. The van der Waals surface area contributed by atoms with Crippen LogP contribution in [-0.2, 0) is 4.79 Å². The van der Waals surface area contributed by atoms with Gasteiger partial charge in [-0.2, -0.15) is 0 Å². The molecule has 1 aliphatic rings. The Kier molecular flexibility index (Phi) is 5.87. The lowest BCUT2D eigenvalue weighted by molar-refractivity contribution is -0.140. The van der Waals surface area contributed by atoms with Crippen LogP contribution in [0.5, 0.6) is 5.75 Å². The van der Waals surface area contributed by atoms with Gasteiger partial charge in [-0.3, -0.25) is 4.79 Å². The molecule has 1 saturated carbocycles. The topological polar surface area (TPSA) is 29.5 Å². The van der Waals surface area contributed by atoms with Crippen LogP contribution < -0.4 is 4.74 Å². The van der Waals surface area contributed by atoms with Gasteiger partial charge in [0.15, 0.2) is 6.10 Å². The number of rotatable bonds is 5. The van der Waals surface area contributed by atoms with E-state index in [0.29, 0.717) is 12.5 Å². The van der Waals surface area contributed by atoms with Crippen LogP contribution in [0, 0.1) is 13.8 Å². The lowest BCUT2D eigenvalue weighted by atomic mass is 9.94. The molecule has 1 aliphatic carbocycles. The first-order valence-corrected chi connectivity index (χ1v) is 8.54. The van der Waals surface area contributed by atoms with Gasteiger partial charge in [-0.05, 0) is 50.3 Å². The summed E-state index contributed by atoms with van der Waals surface area (Å²) in [6.07, 6.45) is 6.34. The molecular weight excluding hydrogens is 274 g/mol. The summed E-state index contributed by atoms with van der Waals surface area (Å²) in [5.74, 6) is 0.951. The van der Waals surface area contributed by atoms with Crippen molar-refractivity contribution in [2.45, 2.75) is 71.4 Å². The number of ether oxygens (including phenoxy) is 1. The Morgan fingerprint density at radius 3 is 2.59 bits per heavy atom. The van der Waals surface area contributed by atoms with Crippen LogP contribution in [0.25, 0.3) is 0 Å². The zero-order chi connectivity index (χ0) is 16.1. The zero-order valence-electron chi connectivity index (χ0n) is 14.4. The molecule has 0 aromatic heterocycles. The van der Waals surface area contributed by atoms with Gasteiger partial charge < -0.3 is 9.64 Å². The summed E-state index contributed by atoms with van der Waals surface area (Å²) in [6, 6.07) is 6.40. The second-order valence-corrected chi connectivity index (χ2v) is 6.45. The molecule has 1 aromatic carbocycles. The SMILES string of the molecule is CC[C@@H](Oc1cccc(C)c1C)C(=O)N(C)C1CCCCC1. The van der Waals surface area contributed by atoms with Crippen LogP contribution in [0.15, 0.2) is 18.2 Å². The standard InChI is InChI=1S/C19H29NO2/c1-5-17(22-18-13-9-10-14(2)15(18)3)19(21)20(4)16-11-7-6-8-12-16/h9-10,13,16-17H,5-8,11-12H2,1-4H3/t17-/m1/s1. The molecule has 3 nitrogen and oxygen atoms in total. The Bertz CT molecular complexity index is 506. The largest absolute Gasteiger partial charge is 0.480 e. The summed E-state index contributed by atoms with van der Waals surface area (Å²) in [5, 5.41) is 0. The normalized spacial score (nSPS) is 17.1. The molecule has 0 radical (unpaired) electrons. The Balaban J connectivity index is 2.06. The van der Waals surface area contributed by atoms with E-state index in [1.165, 1.54) is 24.8 Å². The van der Waals surface area contributed by atoms with Gasteiger partial charge in [0.05, 0.1) is 0 Å². The number of hydrogen-bond donors (Lipinski definition) is 0. The summed E-state index contributed by atoms with van der Waals surface area (Å²) in [5.41, 5.74) is 2.31. The third-order valence-corrected chi connectivity index (χ3v) is 4.94. The Labute approximate surface area is 134 Å². The second kappa shape index (κ2) is 7.66. The third-order valence-electron chi connectivity index (χ3n) is 4.94. The van der Waals surface area contributed by atoms with E-state index in [1.54, 1.807) is 0 Å². The molecule has 0 heterocycles. The molecule has 0 aliphatic heterocycles. The summed E-state index contributed by atoms with van der Waals surface area (Å²) in [6.45, 7) is 6.13. The van der Waals surface area contributed by atoms with Crippen LogP contribution in [0.2, 0.25) is 0 Å². The van der Waals surface area contributed by atoms with Crippen molar-refractivity contribution in [3.05, 3.63) is 29.3 Å². The summed E-state index contributed by atoms with van der Waals surface area (Å²) < 4.78 is 6.06. The summed E-state index contributed by atoms with van der Waals surface area (Å²) >= 11 is 0. The number of carbonyl (C=O) groups is 1. The number of likely N-dealkylation sites (N-methyl/N-ethyl adjacent to an activating group) is 1. The highest BCUT2D eigenvalue weighted by atomic mass is 16.5. The van der Waals surface area contributed by atoms with E-state index in [1.807, 2.05) is 37.9 Å². The molecule has 3 heteroatoms. The minimum absolute atomic E-state index is 0.121. The average Bonchev–Trinajstić information content (AvgIpc) is 2.55. The highest BCUT2D eigenvalue weighted by Crippen LogP contribution is 2.25. The molecule has 1 fully saturated rings. The van der Waals surface area contributed by atoms with Crippen LogP contribution >= 0.6 is 0 Å². The number of benzene rings is 1. The third kappa shape index (κ3) is 3.82. The molecule has 0 spiro atoms. The molecule has 0 bridgehead atoms. The van der Waals surface area contributed by atoms with Crippen LogP contribution in [0.3, 0.4) is 0 Å². The lowest BCUT2D eigenvalue weighted by Crippen LogP contribution is -2.45. The minimum Gasteiger partial charge on any atom is -0.480 e. The number of nitrogens with zero attached hydrogens (tertiary/aromatic N) is 1. The van der Waals surface area contributed by atoms with Gasteiger partial charge in [0, 0.05) is 13.1 Å². The Morgan fingerprint density at radius 1 is 1.27 bits per heavy atom. The van der Waals surface area contributed by atoms with Crippen LogP contribution in [-0.4, -0.2) is 30.0 Å². The van der Waals surface area contributed by atoms with Gasteiger partial charge in [0.25, 0.3) is 5.91 Å². The predicted octanol–water partition coefficient (Wildman–Crippen LogP) is 4.25. The van der Waals surface area contributed by atoms with Crippen LogP contribution in [0.4, 0.5) is 0 Å². The molecule has 1 amide bonds. The molecular formula is C19H29NO2. The molecule has 0 N–H and O–H groups in total. The van der Waals surface area contributed by atoms with Gasteiger partial charge in [-0.1, -0.05) is 38.3 Å². The van der Waals surface area contributed by atoms with Crippen molar-refractivity contribution in [1.29, 1.82) is 0 Å². The molecule has 1 aromatic rings. The second-order valence-electron chi connectivity index (χ2n) is 6.45. The fourth-order valence-corrected chi connectivity index (χ4v) is 3.19. The first kappa shape index (κ1) is 16.9. The van der Waals surface area contributed by atoms with Gasteiger partial charge in [0.1, 0.15) is 5.75 Å². The van der Waals surface area contributed by atoms with E-state index in [4.69, 9.17) is 4.74 Å². The first-order chi connectivity index (χ1) is 10.5. The van der Waals surface area contributed by atoms with E-state index < -0.39 is 0 Å². The van der Waals surface area contributed by atoms with E-state index >= 15 is 0 Å². The molecule has 1 atom stereocenters. The van der Waals surface area contributed by atoms with Crippen molar-refractivity contribution in [2.24, 2.45) is 0 Å². The van der Waals surface area contributed by atoms with Crippen molar-refractivity contribution in [3.8, 4) is 5.75 Å². The number of hydrogen-bond acceptors (Lipinski definition) is 2. The van der Waals surface area contributed by atoms with Crippen LogP contribution in [0.1, 0.15) is 56.6 Å². The van der Waals surface area contributed by atoms with Gasteiger partial charge >= 0.3 is 0 Å². The number of amides is 1. The Hall–Kier alpha value is -1.51. The predicted molar refractivity (Wildman–Crippen MR) is 90.3 cm³/mol. The lowest BCUT2D eigenvalue weighted by Gasteiger charge is -2.33. The van der Waals surface area contributed by atoms with Crippen molar-refractivity contribution < 1.29 is 9.53 Å². The minimum atomic E-state index is -0.382. The highest BCUT2D eigenvalue weighted by molar-refractivity contribution is 5.81. The first-order valence-electron chi connectivity index (χ1n) is 8.54. The van der Waals surface area contributed by atoms with E-state index in [9.17, 15) is 4.79 Å². The quantitative estimate of drug-likeness (QED) is 0.813. The fourth-order valence-electron chi connectivity index (χ4n) is 3.19. The molecule has 2 rings (SSSR count). The average molecular weight is 303 g/mol.